The molecule has 2 rings (SSSR count). The summed E-state index contributed by atoms with van der Waals surface area (Å²) >= 11 is 0. The fourth-order valence-electron chi connectivity index (χ4n) is 2.60. The molecule has 5 heteroatoms. The van der Waals surface area contributed by atoms with Gasteiger partial charge in [0.05, 0.1) is 12.0 Å². The average molecular weight is 333 g/mol. The second-order valence-electron chi connectivity index (χ2n) is 5.78. The molecular formula is C18H23NO3S. The van der Waals surface area contributed by atoms with Crippen molar-refractivity contribution in [3.05, 3.63) is 58.1 Å². The summed E-state index contributed by atoms with van der Waals surface area (Å²) in [5.74, 6) is 0.706. The number of methoxy groups -OCH3 is 1. The van der Waals surface area contributed by atoms with Crippen LogP contribution in [0.2, 0.25) is 0 Å². The van der Waals surface area contributed by atoms with Crippen LogP contribution in [0.15, 0.2) is 35.2 Å². The molecule has 0 spiro atoms. The monoisotopic (exact) mass is 333 g/mol. The molecule has 4 nitrogen and oxygen atoms in total. The molecule has 0 aliphatic heterocycles. The molecule has 0 amide bonds. The van der Waals surface area contributed by atoms with Crippen LogP contribution in [0.5, 0.6) is 5.75 Å². The molecule has 0 atom stereocenters. The van der Waals surface area contributed by atoms with Gasteiger partial charge in [0.2, 0.25) is 10.0 Å². The van der Waals surface area contributed by atoms with Crippen LogP contribution in [-0.4, -0.2) is 15.5 Å². The molecule has 0 aliphatic carbocycles. The van der Waals surface area contributed by atoms with E-state index in [1.54, 1.807) is 20.1 Å². The van der Waals surface area contributed by atoms with Crippen LogP contribution >= 0.6 is 0 Å². The second kappa shape index (κ2) is 6.72. The van der Waals surface area contributed by atoms with Gasteiger partial charge in [0.15, 0.2) is 0 Å². The third-order valence-corrected chi connectivity index (χ3v) is 5.74. The van der Waals surface area contributed by atoms with Gasteiger partial charge in [-0.1, -0.05) is 29.8 Å². The summed E-state index contributed by atoms with van der Waals surface area (Å²) in [5, 5.41) is 0. The van der Waals surface area contributed by atoms with Crippen LogP contribution < -0.4 is 9.46 Å². The number of hydrogen-bond donors (Lipinski definition) is 1. The standard InChI is InChI=1S/C18H23NO3S/c1-12-6-8-16(9-7-12)11-19-23(20,21)18-13(2)10-17(22-5)14(3)15(18)4/h6-10,19H,11H2,1-5H3. The van der Waals surface area contributed by atoms with Gasteiger partial charge in [-0.05, 0) is 56.0 Å². The maximum Gasteiger partial charge on any atom is 0.241 e. The number of aryl methyl sites for hydroxylation is 2. The predicted octanol–water partition coefficient (Wildman–Crippen LogP) is 3.41. The Morgan fingerprint density at radius 3 is 2.17 bits per heavy atom. The molecule has 124 valence electrons. The zero-order valence-electron chi connectivity index (χ0n) is 14.2. The highest BCUT2D eigenvalue weighted by Crippen LogP contribution is 2.30. The van der Waals surface area contributed by atoms with E-state index in [0.717, 1.165) is 22.3 Å². The lowest BCUT2D eigenvalue weighted by Crippen LogP contribution is -2.25. The summed E-state index contributed by atoms with van der Waals surface area (Å²) in [6, 6.07) is 9.56. The molecule has 2 aromatic carbocycles. The van der Waals surface area contributed by atoms with E-state index in [9.17, 15) is 8.42 Å². The molecule has 0 fully saturated rings. The van der Waals surface area contributed by atoms with Gasteiger partial charge in [-0.3, -0.25) is 0 Å². The van der Waals surface area contributed by atoms with E-state index in [1.807, 2.05) is 45.0 Å². The lowest BCUT2D eigenvalue weighted by molar-refractivity contribution is 0.410. The fraction of sp³-hybridized carbons (Fsp3) is 0.333. The summed E-state index contributed by atoms with van der Waals surface area (Å²) in [4.78, 5) is 0.336. The molecule has 0 saturated heterocycles. The molecule has 0 unspecified atom stereocenters. The zero-order chi connectivity index (χ0) is 17.2. The molecule has 1 N–H and O–H groups in total. The first-order valence-corrected chi connectivity index (χ1v) is 8.94. The number of benzene rings is 2. The van der Waals surface area contributed by atoms with Gasteiger partial charge in [-0.15, -0.1) is 0 Å². The Kier molecular flexibility index (Phi) is 5.12. The molecule has 0 bridgehead atoms. The minimum Gasteiger partial charge on any atom is -0.496 e. The van der Waals surface area contributed by atoms with Gasteiger partial charge >= 0.3 is 0 Å². The van der Waals surface area contributed by atoms with Crippen molar-refractivity contribution in [3.63, 3.8) is 0 Å². The first-order chi connectivity index (χ1) is 10.8. The Hall–Kier alpha value is -1.85. The third kappa shape index (κ3) is 3.74. The molecule has 0 aliphatic rings. The molecule has 0 radical (unpaired) electrons. The Balaban J connectivity index is 2.33. The topological polar surface area (TPSA) is 55.4 Å². The van der Waals surface area contributed by atoms with Gasteiger partial charge in [-0.2, -0.15) is 0 Å². The molecule has 0 saturated carbocycles. The van der Waals surface area contributed by atoms with Gasteiger partial charge in [0.1, 0.15) is 5.75 Å². The van der Waals surface area contributed by atoms with Crippen LogP contribution in [-0.2, 0) is 16.6 Å². The van der Waals surface area contributed by atoms with Crippen molar-refractivity contribution < 1.29 is 13.2 Å². The van der Waals surface area contributed by atoms with E-state index in [1.165, 1.54) is 0 Å². The van der Waals surface area contributed by atoms with Crippen molar-refractivity contribution in [2.24, 2.45) is 0 Å². The predicted molar refractivity (Wildman–Crippen MR) is 92.4 cm³/mol. The van der Waals surface area contributed by atoms with E-state index < -0.39 is 10.0 Å². The molecule has 2 aromatic rings. The van der Waals surface area contributed by atoms with Crippen molar-refractivity contribution >= 4 is 10.0 Å². The highest BCUT2D eigenvalue weighted by Gasteiger charge is 2.22. The lowest BCUT2D eigenvalue weighted by Gasteiger charge is -2.16. The van der Waals surface area contributed by atoms with Crippen molar-refractivity contribution in [3.8, 4) is 5.75 Å². The van der Waals surface area contributed by atoms with Gasteiger partial charge in [-0.25, -0.2) is 13.1 Å². The van der Waals surface area contributed by atoms with Gasteiger partial charge in [0.25, 0.3) is 0 Å². The van der Waals surface area contributed by atoms with Crippen LogP contribution in [0.4, 0.5) is 0 Å². The Labute approximate surface area is 138 Å². The van der Waals surface area contributed by atoms with Gasteiger partial charge in [0, 0.05) is 6.54 Å². The normalized spacial score (nSPS) is 11.5. The molecule has 0 aromatic heterocycles. The first-order valence-electron chi connectivity index (χ1n) is 7.46. The van der Waals surface area contributed by atoms with Crippen molar-refractivity contribution in [1.29, 1.82) is 0 Å². The largest absolute Gasteiger partial charge is 0.496 e. The smallest absolute Gasteiger partial charge is 0.241 e. The van der Waals surface area contributed by atoms with Crippen molar-refractivity contribution in [2.75, 3.05) is 7.11 Å². The second-order valence-corrected chi connectivity index (χ2v) is 7.49. The average Bonchev–Trinajstić information content (AvgIpc) is 2.50. The minimum absolute atomic E-state index is 0.270. The maximum atomic E-state index is 12.7. The highest BCUT2D eigenvalue weighted by atomic mass is 32.2. The number of rotatable bonds is 5. The third-order valence-electron chi connectivity index (χ3n) is 4.05. The zero-order valence-corrected chi connectivity index (χ0v) is 15.0. The number of sulfonamides is 1. The number of hydrogen-bond acceptors (Lipinski definition) is 3. The van der Waals surface area contributed by atoms with E-state index in [0.29, 0.717) is 16.2 Å². The minimum atomic E-state index is -3.58. The number of ether oxygens (including phenoxy) is 1. The molecular weight excluding hydrogens is 310 g/mol. The van der Waals surface area contributed by atoms with E-state index in [2.05, 4.69) is 4.72 Å². The van der Waals surface area contributed by atoms with Crippen molar-refractivity contribution in [2.45, 2.75) is 39.1 Å². The van der Waals surface area contributed by atoms with Crippen LogP contribution in [0, 0.1) is 27.7 Å². The Morgan fingerprint density at radius 2 is 1.61 bits per heavy atom. The molecule has 23 heavy (non-hydrogen) atoms. The van der Waals surface area contributed by atoms with E-state index >= 15 is 0 Å². The summed E-state index contributed by atoms with van der Waals surface area (Å²) in [6.07, 6.45) is 0. The summed E-state index contributed by atoms with van der Waals surface area (Å²) < 4.78 is 33.4. The van der Waals surface area contributed by atoms with E-state index in [4.69, 9.17) is 4.74 Å². The fourth-order valence-corrected chi connectivity index (χ4v) is 4.14. The lowest BCUT2D eigenvalue weighted by atomic mass is 10.1. The van der Waals surface area contributed by atoms with Gasteiger partial charge < -0.3 is 4.74 Å². The summed E-state index contributed by atoms with van der Waals surface area (Å²) in [5.41, 5.74) is 4.32. The van der Waals surface area contributed by atoms with Crippen LogP contribution in [0.25, 0.3) is 0 Å². The Bertz CT molecular complexity index is 809. The highest BCUT2D eigenvalue weighted by molar-refractivity contribution is 7.89. The number of nitrogens with one attached hydrogen (secondary N) is 1. The quantitative estimate of drug-likeness (QED) is 0.912. The van der Waals surface area contributed by atoms with Crippen LogP contribution in [0.3, 0.4) is 0 Å². The van der Waals surface area contributed by atoms with E-state index in [-0.39, 0.29) is 6.54 Å². The molecule has 0 heterocycles. The van der Waals surface area contributed by atoms with Crippen LogP contribution in [0.1, 0.15) is 27.8 Å². The maximum absolute atomic E-state index is 12.7. The first kappa shape index (κ1) is 17.5. The Morgan fingerprint density at radius 1 is 1.00 bits per heavy atom. The van der Waals surface area contributed by atoms with Crippen molar-refractivity contribution in [1.82, 2.24) is 4.72 Å². The SMILES string of the molecule is COc1cc(C)c(S(=O)(=O)NCc2ccc(C)cc2)c(C)c1C. The summed E-state index contributed by atoms with van der Waals surface area (Å²) in [7, 11) is -1.99. The summed E-state index contributed by atoms with van der Waals surface area (Å²) in [6.45, 7) is 7.74.